The number of hydrazine groups is 1. The number of rotatable bonds is 1. The van der Waals surface area contributed by atoms with Gasteiger partial charge in [-0.3, -0.25) is 10.4 Å². The minimum absolute atomic E-state index is 0.260. The van der Waals surface area contributed by atoms with Crippen molar-refractivity contribution in [2.24, 2.45) is 10.8 Å². The Balaban J connectivity index is 2.82. The van der Waals surface area contributed by atoms with E-state index in [4.69, 9.17) is 5.84 Å². The topological polar surface area (TPSA) is 62.4 Å². The van der Waals surface area contributed by atoms with Crippen LogP contribution in [0.2, 0.25) is 0 Å². The van der Waals surface area contributed by atoms with Crippen LogP contribution in [0.1, 0.15) is 0 Å². The lowest BCUT2D eigenvalue weighted by atomic mass is 10.3. The van der Waals surface area contributed by atoms with E-state index in [1.807, 2.05) is 0 Å². The molecular weight excluding hydrogens is 190 g/mol. The molecule has 1 aromatic carbocycles. The first kappa shape index (κ1) is 10.4. The quantitative estimate of drug-likeness (QED) is 0.272. The standard InChI is InChI=1S/C8H10F2N4/c1-12-8(14-11)13-5-2-3-6(9)7(10)4-5/h2-4H,11H2,1H3,(H2,12,13,14). The van der Waals surface area contributed by atoms with Gasteiger partial charge in [-0.25, -0.2) is 14.6 Å². The third kappa shape index (κ3) is 2.40. The normalized spacial score (nSPS) is 11.3. The van der Waals surface area contributed by atoms with Crippen molar-refractivity contribution in [1.29, 1.82) is 0 Å². The number of nitrogens with two attached hydrogens (primary N) is 1. The predicted molar refractivity (Wildman–Crippen MR) is 50.7 cm³/mol. The summed E-state index contributed by atoms with van der Waals surface area (Å²) in [6.45, 7) is 0. The molecule has 1 rings (SSSR count). The van der Waals surface area contributed by atoms with Crippen molar-refractivity contribution >= 4 is 11.6 Å². The molecular formula is C8H10F2N4. The van der Waals surface area contributed by atoms with Crippen LogP contribution in [0.25, 0.3) is 0 Å². The summed E-state index contributed by atoms with van der Waals surface area (Å²) in [4.78, 5) is 3.71. The highest BCUT2D eigenvalue weighted by atomic mass is 19.2. The van der Waals surface area contributed by atoms with E-state index in [0.717, 1.165) is 12.1 Å². The smallest absolute Gasteiger partial charge is 0.209 e. The first-order valence-electron chi connectivity index (χ1n) is 3.83. The van der Waals surface area contributed by atoms with Crippen LogP contribution in [-0.4, -0.2) is 13.0 Å². The molecule has 0 aliphatic rings. The molecule has 0 amide bonds. The predicted octanol–water partition coefficient (Wildman–Crippen LogP) is 0.826. The minimum Gasteiger partial charge on any atom is -0.325 e. The van der Waals surface area contributed by atoms with E-state index in [9.17, 15) is 8.78 Å². The minimum atomic E-state index is -0.928. The second-order valence-electron chi connectivity index (χ2n) is 2.47. The highest BCUT2D eigenvalue weighted by molar-refractivity contribution is 5.93. The molecule has 0 atom stereocenters. The SMILES string of the molecule is CN=C(NN)Nc1ccc(F)c(F)c1. The number of halogens is 2. The second kappa shape index (κ2) is 4.52. The molecule has 0 radical (unpaired) electrons. The molecule has 0 saturated carbocycles. The Morgan fingerprint density at radius 3 is 2.57 bits per heavy atom. The molecule has 0 fully saturated rings. The molecule has 0 spiro atoms. The van der Waals surface area contributed by atoms with Gasteiger partial charge in [-0.05, 0) is 12.1 Å². The van der Waals surface area contributed by atoms with E-state index >= 15 is 0 Å². The number of hydrogen-bond donors (Lipinski definition) is 3. The van der Waals surface area contributed by atoms with Crippen LogP contribution < -0.4 is 16.6 Å². The monoisotopic (exact) mass is 200 g/mol. The van der Waals surface area contributed by atoms with Crippen molar-refractivity contribution in [1.82, 2.24) is 5.43 Å². The van der Waals surface area contributed by atoms with Crippen LogP contribution in [-0.2, 0) is 0 Å². The van der Waals surface area contributed by atoms with Crippen LogP contribution >= 0.6 is 0 Å². The van der Waals surface area contributed by atoms with Gasteiger partial charge >= 0.3 is 0 Å². The van der Waals surface area contributed by atoms with Crippen LogP contribution in [0.4, 0.5) is 14.5 Å². The summed E-state index contributed by atoms with van der Waals surface area (Å²) in [5.74, 6) is 3.52. The summed E-state index contributed by atoms with van der Waals surface area (Å²) >= 11 is 0. The zero-order valence-corrected chi connectivity index (χ0v) is 7.51. The maximum Gasteiger partial charge on any atom is 0.209 e. The van der Waals surface area contributed by atoms with Crippen LogP contribution in [0.15, 0.2) is 23.2 Å². The summed E-state index contributed by atoms with van der Waals surface area (Å²) in [5.41, 5.74) is 2.62. The molecule has 76 valence electrons. The van der Waals surface area contributed by atoms with Gasteiger partial charge in [-0.15, -0.1) is 0 Å². The number of nitrogens with zero attached hydrogens (tertiary/aromatic N) is 1. The van der Waals surface area contributed by atoms with Gasteiger partial charge in [-0.2, -0.15) is 0 Å². The highest BCUT2D eigenvalue weighted by Crippen LogP contribution is 2.12. The third-order valence-corrected chi connectivity index (χ3v) is 1.54. The molecule has 4 N–H and O–H groups in total. The maximum absolute atomic E-state index is 12.7. The van der Waals surface area contributed by atoms with Crippen molar-refractivity contribution in [3.8, 4) is 0 Å². The zero-order chi connectivity index (χ0) is 10.6. The first-order chi connectivity index (χ1) is 6.67. The lowest BCUT2D eigenvalue weighted by molar-refractivity contribution is 0.509. The van der Waals surface area contributed by atoms with Gasteiger partial charge in [0.15, 0.2) is 11.6 Å². The third-order valence-electron chi connectivity index (χ3n) is 1.54. The fourth-order valence-electron chi connectivity index (χ4n) is 0.867. The molecule has 0 bridgehead atoms. The Morgan fingerprint density at radius 1 is 1.36 bits per heavy atom. The largest absolute Gasteiger partial charge is 0.325 e. The molecule has 0 aromatic heterocycles. The molecule has 0 aliphatic carbocycles. The van der Waals surface area contributed by atoms with Crippen LogP contribution in [0, 0.1) is 11.6 Å². The second-order valence-corrected chi connectivity index (χ2v) is 2.47. The molecule has 0 heterocycles. The number of nitrogens with one attached hydrogen (secondary N) is 2. The molecule has 0 saturated heterocycles. The number of guanidine groups is 1. The Kier molecular flexibility index (Phi) is 3.35. The van der Waals surface area contributed by atoms with Crippen LogP contribution in [0.3, 0.4) is 0 Å². The van der Waals surface area contributed by atoms with E-state index in [-0.39, 0.29) is 5.96 Å². The molecule has 14 heavy (non-hydrogen) atoms. The number of anilines is 1. The van der Waals surface area contributed by atoms with Crippen molar-refractivity contribution < 1.29 is 8.78 Å². The van der Waals surface area contributed by atoms with Gasteiger partial charge in [-0.1, -0.05) is 0 Å². The number of aliphatic imine (C=N–C) groups is 1. The molecule has 6 heteroatoms. The highest BCUT2D eigenvalue weighted by Gasteiger charge is 2.03. The van der Waals surface area contributed by atoms with Gasteiger partial charge in [0, 0.05) is 18.8 Å². The fourth-order valence-corrected chi connectivity index (χ4v) is 0.867. The average Bonchev–Trinajstić information content (AvgIpc) is 2.19. The Labute approximate surface area is 79.8 Å². The summed E-state index contributed by atoms with van der Waals surface area (Å²) in [6, 6.07) is 3.40. The summed E-state index contributed by atoms with van der Waals surface area (Å²) in [7, 11) is 1.50. The van der Waals surface area contributed by atoms with Gasteiger partial charge < -0.3 is 5.32 Å². The van der Waals surface area contributed by atoms with E-state index in [0.29, 0.717) is 5.69 Å². The van der Waals surface area contributed by atoms with Crippen LogP contribution in [0.5, 0.6) is 0 Å². The van der Waals surface area contributed by atoms with Crippen molar-refractivity contribution in [2.75, 3.05) is 12.4 Å². The molecule has 4 nitrogen and oxygen atoms in total. The maximum atomic E-state index is 12.7. The molecule has 0 unspecified atom stereocenters. The first-order valence-corrected chi connectivity index (χ1v) is 3.83. The van der Waals surface area contributed by atoms with Gasteiger partial charge in [0.25, 0.3) is 0 Å². The summed E-state index contributed by atoms with van der Waals surface area (Å²) in [6.07, 6.45) is 0. The lowest BCUT2D eigenvalue weighted by Gasteiger charge is -2.07. The molecule has 0 aliphatic heterocycles. The van der Waals surface area contributed by atoms with E-state index in [1.54, 1.807) is 0 Å². The van der Waals surface area contributed by atoms with Gasteiger partial charge in [0.1, 0.15) is 0 Å². The van der Waals surface area contributed by atoms with Crippen molar-refractivity contribution in [2.45, 2.75) is 0 Å². The van der Waals surface area contributed by atoms with Gasteiger partial charge in [0.2, 0.25) is 5.96 Å². The fraction of sp³-hybridized carbons (Fsp3) is 0.125. The summed E-state index contributed by atoms with van der Waals surface area (Å²) in [5, 5.41) is 2.65. The zero-order valence-electron chi connectivity index (χ0n) is 7.51. The number of hydrogen-bond acceptors (Lipinski definition) is 2. The van der Waals surface area contributed by atoms with Crippen molar-refractivity contribution in [3.05, 3.63) is 29.8 Å². The van der Waals surface area contributed by atoms with E-state index < -0.39 is 11.6 Å². The average molecular weight is 200 g/mol. The Bertz CT molecular complexity index is 351. The van der Waals surface area contributed by atoms with Crippen molar-refractivity contribution in [3.63, 3.8) is 0 Å². The Morgan fingerprint density at radius 2 is 2.07 bits per heavy atom. The Hall–Kier alpha value is -1.69. The van der Waals surface area contributed by atoms with Gasteiger partial charge in [0.05, 0.1) is 0 Å². The van der Waals surface area contributed by atoms with E-state index in [1.165, 1.54) is 13.1 Å². The lowest BCUT2D eigenvalue weighted by Crippen LogP contribution is -2.36. The number of benzene rings is 1. The molecule has 1 aromatic rings. The van der Waals surface area contributed by atoms with E-state index in [2.05, 4.69) is 15.7 Å². The summed E-state index contributed by atoms with van der Waals surface area (Å²) < 4.78 is 25.3.